The average Bonchev–Trinajstić information content (AvgIpc) is 3.31. The zero-order chi connectivity index (χ0) is 26.5. The number of methoxy groups -OCH3 is 1. The largest absolute Gasteiger partial charge is 0.647 e. The van der Waals surface area contributed by atoms with Crippen LogP contribution in [0.15, 0.2) is 91.0 Å². The topological polar surface area (TPSA) is 74.3 Å². The molecule has 1 aliphatic rings. The van der Waals surface area contributed by atoms with Crippen molar-refractivity contribution in [2.45, 2.75) is 19.0 Å². The van der Waals surface area contributed by atoms with Gasteiger partial charge in [0.15, 0.2) is 5.06 Å². The molecule has 5 rings (SSSR count). The van der Waals surface area contributed by atoms with Gasteiger partial charge in [0, 0.05) is 23.0 Å². The summed E-state index contributed by atoms with van der Waals surface area (Å²) in [6.45, 7) is 1.07. The smallest absolute Gasteiger partial charge is 0.468 e. The summed E-state index contributed by atoms with van der Waals surface area (Å²) in [6, 6.07) is 25.9. The lowest BCUT2D eigenvalue weighted by Gasteiger charge is -2.33. The van der Waals surface area contributed by atoms with Crippen molar-refractivity contribution in [1.82, 2.24) is 4.90 Å². The molecule has 0 bridgehead atoms. The molecule has 0 amide bonds. The predicted molar refractivity (Wildman–Crippen MR) is 147 cm³/mol. The van der Waals surface area contributed by atoms with Crippen molar-refractivity contribution in [3.05, 3.63) is 112 Å². The van der Waals surface area contributed by atoms with Crippen molar-refractivity contribution in [2.75, 3.05) is 13.7 Å². The van der Waals surface area contributed by atoms with E-state index in [1.165, 1.54) is 18.4 Å². The third-order valence-electron chi connectivity index (χ3n) is 5.99. The molecule has 1 atom stereocenters. The van der Waals surface area contributed by atoms with Crippen LogP contribution in [0.1, 0.15) is 22.0 Å². The van der Waals surface area contributed by atoms with Gasteiger partial charge in [-0.2, -0.15) is 4.57 Å². The molecule has 3 aromatic carbocycles. The molecule has 4 aromatic rings. The van der Waals surface area contributed by atoms with Gasteiger partial charge in [-0.3, -0.25) is 4.90 Å². The highest BCUT2D eigenvalue weighted by atomic mass is 35.5. The zero-order valence-corrected chi connectivity index (χ0v) is 23.0. The van der Waals surface area contributed by atoms with Crippen LogP contribution in [0.25, 0.3) is 0 Å². The number of carbonyl (C=O) groups is 1. The lowest BCUT2D eigenvalue weighted by molar-refractivity contribution is -0.147. The van der Waals surface area contributed by atoms with Crippen LogP contribution in [-0.2, 0) is 27.1 Å². The van der Waals surface area contributed by atoms with E-state index in [2.05, 4.69) is 0 Å². The van der Waals surface area contributed by atoms with Gasteiger partial charge in [-0.25, -0.2) is 4.79 Å². The molecule has 10 heteroatoms. The highest BCUT2D eigenvalue weighted by Crippen LogP contribution is 2.52. The van der Waals surface area contributed by atoms with Crippen LogP contribution in [-0.4, -0.2) is 24.5 Å². The normalized spacial score (nSPS) is 14.3. The monoisotopic (exact) mass is 569 g/mol. The molecule has 0 spiro atoms. The molecule has 0 N–H and O–H groups in total. The number of para-hydroxylation sites is 2. The number of hydrogen-bond acceptors (Lipinski definition) is 8. The number of hydrogen-bond donors (Lipinski definition) is 0. The summed E-state index contributed by atoms with van der Waals surface area (Å²) < 4.78 is 36.4. The number of rotatable bonds is 9. The SMILES string of the molecule is COC(=O)C(c1ccccc1Cl)N1CCc2sc(OP(=O)(Oc3ccccc3)Oc3ccccc3)cc2C1. The Kier molecular flexibility index (Phi) is 8.05. The van der Waals surface area contributed by atoms with Crippen molar-refractivity contribution < 1.29 is 27.7 Å². The number of thiophene rings is 1. The van der Waals surface area contributed by atoms with Crippen LogP contribution >= 0.6 is 30.8 Å². The summed E-state index contributed by atoms with van der Waals surface area (Å²) in [6.07, 6.45) is 0.671. The number of fused-ring (bicyclic) bond motifs is 1. The lowest BCUT2D eigenvalue weighted by atomic mass is 10.0. The molecule has 2 heterocycles. The highest BCUT2D eigenvalue weighted by Gasteiger charge is 2.36. The number of phosphoric acid groups is 1. The Balaban J connectivity index is 1.39. The first-order valence-corrected chi connectivity index (χ1v) is 14.6. The number of nitrogens with zero attached hydrogens (tertiary/aromatic N) is 1. The molecular formula is C28H25ClNO6PS. The Morgan fingerprint density at radius 3 is 2.13 bits per heavy atom. The Hall–Kier alpha value is -3.29. The van der Waals surface area contributed by atoms with Gasteiger partial charge in [0.2, 0.25) is 0 Å². The van der Waals surface area contributed by atoms with E-state index >= 15 is 0 Å². The van der Waals surface area contributed by atoms with Gasteiger partial charge in [0.1, 0.15) is 17.5 Å². The van der Waals surface area contributed by atoms with Gasteiger partial charge in [-0.05, 0) is 53.9 Å². The molecule has 0 saturated carbocycles. The van der Waals surface area contributed by atoms with Crippen LogP contribution in [0.3, 0.4) is 0 Å². The molecule has 196 valence electrons. The van der Waals surface area contributed by atoms with E-state index in [1.54, 1.807) is 54.6 Å². The van der Waals surface area contributed by atoms with Gasteiger partial charge in [0.05, 0.1) is 7.11 Å². The molecule has 1 unspecified atom stereocenters. The number of esters is 1. The van der Waals surface area contributed by atoms with E-state index in [0.717, 1.165) is 10.4 Å². The van der Waals surface area contributed by atoms with Gasteiger partial charge < -0.3 is 18.3 Å². The van der Waals surface area contributed by atoms with Gasteiger partial charge in [-0.1, -0.05) is 66.2 Å². The fraction of sp³-hybridized carbons (Fsp3) is 0.179. The minimum Gasteiger partial charge on any atom is -0.468 e. The molecule has 0 saturated heterocycles. The van der Waals surface area contributed by atoms with Crippen LogP contribution in [0.4, 0.5) is 0 Å². The number of halogens is 1. The number of benzene rings is 3. The summed E-state index contributed by atoms with van der Waals surface area (Å²) >= 11 is 7.82. The van der Waals surface area contributed by atoms with Crippen LogP contribution in [0, 0.1) is 0 Å². The van der Waals surface area contributed by atoms with Crippen LogP contribution in [0.2, 0.25) is 5.02 Å². The second kappa shape index (κ2) is 11.6. The molecule has 0 radical (unpaired) electrons. The van der Waals surface area contributed by atoms with E-state index in [-0.39, 0.29) is 5.97 Å². The maximum Gasteiger partial charge on any atom is 0.647 e. The molecule has 0 fully saturated rings. The van der Waals surface area contributed by atoms with E-state index in [4.69, 9.17) is 29.9 Å². The molecule has 7 nitrogen and oxygen atoms in total. The molecule has 1 aromatic heterocycles. The first-order chi connectivity index (χ1) is 18.4. The summed E-state index contributed by atoms with van der Waals surface area (Å²) in [5.74, 6) is 0.338. The lowest BCUT2D eigenvalue weighted by Crippen LogP contribution is -2.38. The van der Waals surface area contributed by atoms with E-state index in [9.17, 15) is 9.36 Å². The minimum atomic E-state index is -4.10. The maximum atomic E-state index is 13.8. The average molecular weight is 570 g/mol. The molecule has 0 aliphatic carbocycles. The summed E-state index contributed by atoms with van der Waals surface area (Å²) in [4.78, 5) is 15.9. The number of carbonyl (C=O) groups excluding carboxylic acids is 1. The number of ether oxygens (including phenoxy) is 1. The van der Waals surface area contributed by atoms with Gasteiger partial charge >= 0.3 is 13.8 Å². The van der Waals surface area contributed by atoms with Gasteiger partial charge in [-0.15, -0.1) is 11.3 Å². The van der Waals surface area contributed by atoms with Crippen molar-refractivity contribution in [3.8, 4) is 16.6 Å². The summed E-state index contributed by atoms with van der Waals surface area (Å²) in [7, 11) is -2.73. The predicted octanol–water partition coefficient (Wildman–Crippen LogP) is 7.32. The second-order valence-corrected chi connectivity index (χ2v) is 11.5. The van der Waals surface area contributed by atoms with E-state index in [1.807, 2.05) is 41.3 Å². The van der Waals surface area contributed by atoms with Crippen molar-refractivity contribution >= 4 is 36.7 Å². The van der Waals surface area contributed by atoms with Crippen LogP contribution < -0.4 is 13.6 Å². The quantitative estimate of drug-likeness (QED) is 0.154. The Bertz CT molecular complexity index is 1400. The first-order valence-electron chi connectivity index (χ1n) is 11.9. The molecular weight excluding hydrogens is 545 g/mol. The zero-order valence-electron chi connectivity index (χ0n) is 20.5. The maximum absolute atomic E-state index is 13.8. The minimum absolute atomic E-state index is 0.361. The molecule has 1 aliphatic heterocycles. The third-order valence-corrected chi connectivity index (χ3v) is 8.86. The fourth-order valence-corrected chi connectivity index (χ4v) is 6.96. The fourth-order valence-electron chi connectivity index (χ4n) is 4.26. The number of phosphoric ester groups is 1. The second-order valence-electron chi connectivity index (χ2n) is 8.53. The Labute approximate surface area is 230 Å². The van der Waals surface area contributed by atoms with Gasteiger partial charge in [0.25, 0.3) is 0 Å². The Morgan fingerprint density at radius 1 is 0.921 bits per heavy atom. The standard InChI is InChI=1S/C28H25ClNO6PS/c1-33-28(31)27(23-14-8-9-15-24(23)29)30-17-16-25-20(19-30)18-26(38-25)36-37(32,34-21-10-4-2-5-11-21)35-22-12-6-3-7-13-22/h2-15,18,27H,16-17,19H2,1H3. The van der Waals surface area contributed by atoms with Crippen molar-refractivity contribution in [2.24, 2.45) is 0 Å². The summed E-state index contributed by atoms with van der Waals surface area (Å²) in [5.41, 5.74) is 1.65. The summed E-state index contributed by atoms with van der Waals surface area (Å²) in [5, 5.41) is 0.902. The van der Waals surface area contributed by atoms with Crippen LogP contribution in [0.5, 0.6) is 16.6 Å². The Morgan fingerprint density at radius 2 is 1.53 bits per heavy atom. The molecule has 38 heavy (non-hydrogen) atoms. The van der Waals surface area contributed by atoms with E-state index < -0.39 is 13.9 Å². The van der Waals surface area contributed by atoms with Crippen molar-refractivity contribution in [1.29, 1.82) is 0 Å². The van der Waals surface area contributed by atoms with Crippen molar-refractivity contribution in [3.63, 3.8) is 0 Å². The first kappa shape index (κ1) is 26.3. The third kappa shape index (κ3) is 6.05. The van der Waals surface area contributed by atoms with E-state index in [0.29, 0.717) is 46.7 Å². The highest BCUT2D eigenvalue weighted by molar-refractivity contribution is 7.50.